The molecule has 27 heavy (non-hydrogen) atoms. The third-order valence-corrected chi connectivity index (χ3v) is 5.75. The zero-order chi connectivity index (χ0) is 18.8. The highest BCUT2D eigenvalue weighted by Crippen LogP contribution is 2.35. The monoisotopic (exact) mass is 369 g/mol. The number of rotatable bonds is 3. The van der Waals surface area contributed by atoms with E-state index in [2.05, 4.69) is 0 Å². The van der Waals surface area contributed by atoms with Crippen molar-refractivity contribution in [1.82, 2.24) is 4.90 Å². The number of fused-ring (bicyclic) bond motifs is 2. The summed E-state index contributed by atoms with van der Waals surface area (Å²) in [4.78, 5) is 38.9. The van der Waals surface area contributed by atoms with Crippen LogP contribution in [0.3, 0.4) is 0 Å². The molecule has 4 rings (SSSR count). The summed E-state index contributed by atoms with van der Waals surface area (Å²) >= 11 is 0. The van der Waals surface area contributed by atoms with Crippen molar-refractivity contribution >= 4 is 22.8 Å². The van der Waals surface area contributed by atoms with Crippen LogP contribution >= 0.6 is 0 Å². The van der Waals surface area contributed by atoms with Gasteiger partial charge in [-0.2, -0.15) is 0 Å². The van der Waals surface area contributed by atoms with Crippen LogP contribution in [0.1, 0.15) is 48.9 Å². The first kappa shape index (κ1) is 17.8. The minimum atomic E-state index is -0.819. The van der Waals surface area contributed by atoms with Crippen LogP contribution in [0.25, 0.3) is 11.0 Å². The highest BCUT2D eigenvalue weighted by atomic mass is 16.5. The molecule has 1 amide bonds. The highest BCUT2D eigenvalue weighted by molar-refractivity contribution is 5.94. The van der Waals surface area contributed by atoms with Crippen molar-refractivity contribution in [3.63, 3.8) is 0 Å². The standard InChI is InChI=1S/C21H23NO5/c23-19(22-11-5-8-14-6-1-3-9-17(14)22)13-26-20(24)16-12-15-7-2-4-10-18(15)27-21(16)25/h2,4,7,10,12,14,17H,1,3,5-6,8-9,11,13H2/t14-,17+/m0/s1. The molecule has 1 saturated carbocycles. The molecular weight excluding hydrogens is 346 g/mol. The highest BCUT2D eigenvalue weighted by Gasteiger charge is 2.35. The SMILES string of the molecule is O=C(OCC(=O)N1CCC[C@@H]2CCCC[C@H]21)c1cc2ccccc2oc1=O. The van der Waals surface area contributed by atoms with Crippen molar-refractivity contribution in [1.29, 1.82) is 0 Å². The van der Waals surface area contributed by atoms with E-state index in [9.17, 15) is 14.4 Å². The number of likely N-dealkylation sites (tertiary alicyclic amines) is 1. The lowest BCUT2D eigenvalue weighted by atomic mass is 9.78. The molecule has 1 aromatic heterocycles. The number of benzene rings is 1. The number of nitrogens with zero attached hydrogens (tertiary/aromatic N) is 1. The van der Waals surface area contributed by atoms with Gasteiger partial charge in [0, 0.05) is 18.0 Å². The second kappa shape index (κ2) is 7.55. The number of carbonyl (C=O) groups is 2. The van der Waals surface area contributed by atoms with Gasteiger partial charge in [0.1, 0.15) is 11.1 Å². The average molecular weight is 369 g/mol. The van der Waals surface area contributed by atoms with E-state index in [4.69, 9.17) is 9.15 Å². The molecule has 2 aromatic rings. The van der Waals surface area contributed by atoms with Gasteiger partial charge in [0.2, 0.25) is 0 Å². The van der Waals surface area contributed by atoms with Gasteiger partial charge in [0.25, 0.3) is 5.91 Å². The van der Waals surface area contributed by atoms with Crippen molar-refractivity contribution in [3.05, 3.63) is 46.3 Å². The molecule has 2 atom stereocenters. The minimum absolute atomic E-state index is 0.176. The van der Waals surface area contributed by atoms with Gasteiger partial charge in [-0.1, -0.05) is 31.0 Å². The normalized spacial score (nSPS) is 22.3. The third kappa shape index (κ3) is 3.61. The molecule has 2 heterocycles. The van der Waals surface area contributed by atoms with Crippen LogP contribution in [-0.2, 0) is 9.53 Å². The lowest BCUT2D eigenvalue weighted by Crippen LogP contribution is -2.50. The van der Waals surface area contributed by atoms with Gasteiger partial charge >= 0.3 is 11.6 Å². The molecule has 1 aliphatic heterocycles. The molecule has 1 saturated heterocycles. The Kier molecular flexibility index (Phi) is 4.97. The lowest BCUT2D eigenvalue weighted by molar-refractivity contribution is -0.140. The zero-order valence-corrected chi connectivity index (χ0v) is 15.2. The Balaban J connectivity index is 1.43. The molecule has 0 unspecified atom stereocenters. The van der Waals surface area contributed by atoms with Crippen LogP contribution in [0.4, 0.5) is 0 Å². The summed E-state index contributed by atoms with van der Waals surface area (Å²) in [5.41, 5.74) is -0.529. The molecule has 2 aliphatic rings. The molecule has 2 fully saturated rings. The molecule has 6 heteroatoms. The molecule has 0 N–H and O–H groups in total. The molecular formula is C21H23NO5. The fourth-order valence-electron chi connectivity index (χ4n) is 4.43. The van der Waals surface area contributed by atoms with Gasteiger partial charge in [-0.3, -0.25) is 4.79 Å². The Labute approximate surface area is 157 Å². The second-order valence-electron chi connectivity index (χ2n) is 7.40. The number of ether oxygens (including phenoxy) is 1. The minimum Gasteiger partial charge on any atom is -0.452 e. The molecule has 6 nitrogen and oxygen atoms in total. The number of para-hydroxylation sites is 1. The van der Waals surface area contributed by atoms with Gasteiger partial charge in [0.15, 0.2) is 6.61 Å². The van der Waals surface area contributed by atoms with Crippen LogP contribution in [0, 0.1) is 5.92 Å². The van der Waals surface area contributed by atoms with Gasteiger partial charge < -0.3 is 14.1 Å². The summed E-state index contributed by atoms with van der Waals surface area (Å²) in [6, 6.07) is 8.66. The van der Waals surface area contributed by atoms with E-state index in [0.29, 0.717) is 16.9 Å². The number of piperidine rings is 1. The quantitative estimate of drug-likeness (QED) is 0.614. The summed E-state index contributed by atoms with van der Waals surface area (Å²) in [6.07, 6.45) is 6.74. The van der Waals surface area contributed by atoms with E-state index in [1.807, 2.05) is 4.90 Å². The van der Waals surface area contributed by atoms with E-state index >= 15 is 0 Å². The van der Waals surface area contributed by atoms with Crippen LogP contribution in [0.2, 0.25) is 0 Å². The van der Waals surface area contributed by atoms with Crippen molar-refractivity contribution < 1.29 is 18.7 Å². The van der Waals surface area contributed by atoms with Gasteiger partial charge in [-0.15, -0.1) is 0 Å². The van der Waals surface area contributed by atoms with E-state index in [-0.39, 0.29) is 24.1 Å². The van der Waals surface area contributed by atoms with E-state index in [0.717, 1.165) is 25.8 Å². The number of esters is 1. The van der Waals surface area contributed by atoms with Crippen LogP contribution in [0.5, 0.6) is 0 Å². The Morgan fingerprint density at radius 1 is 1.11 bits per heavy atom. The van der Waals surface area contributed by atoms with E-state index in [1.165, 1.54) is 25.3 Å². The smallest absolute Gasteiger partial charge is 0.351 e. The Morgan fingerprint density at radius 2 is 1.89 bits per heavy atom. The fraction of sp³-hybridized carbons (Fsp3) is 0.476. The second-order valence-corrected chi connectivity index (χ2v) is 7.40. The Hall–Kier alpha value is -2.63. The van der Waals surface area contributed by atoms with Crippen LogP contribution in [0.15, 0.2) is 39.5 Å². The summed E-state index contributed by atoms with van der Waals surface area (Å²) in [5, 5.41) is 0.636. The largest absolute Gasteiger partial charge is 0.452 e. The van der Waals surface area contributed by atoms with Crippen molar-refractivity contribution in [3.8, 4) is 0 Å². The number of hydrogen-bond donors (Lipinski definition) is 0. The zero-order valence-electron chi connectivity index (χ0n) is 15.2. The van der Waals surface area contributed by atoms with Crippen molar-refractivity contribution in [2.75, 3.05) is 13.2 Å². The first-order valence-electron chi connectivity index (χ1n) is 9.63. The predicted molar refractivity (Wildman–Crippen MR) is 99.5 cm³/mol. The van der Waals surface area contributed by atoms with Crippen molar-refractivity contribution in [2.24, 2.45) is 5.92 Å². The van der Waals surface area contributed by atoms with E-state index < -0.39 is 11.6 Å². The van der Waals surface area contributed by atoms with E-state index in [1.54, 1.807) is 24.3 Å². The Morgan fingerprint density at radius 3 is 2.78 bits per heavy atom. The Bertz CT molecular complexity index is 916. The first-order chi connectivity index (χ1) is 13.1. The van der Waals surface area contributed by atoms with Gasteiger partial charge in [-0.25, -0.2) is 9.59 Å². The van der Waals surface area contributed by atoms with Gasteiger partial charge in [0.05, 0.1) is 0 Å². The maximum Gasteiger partial charge on any atom is 0.351 e. The lowest BCUT2D eigenvalue weighted by Gasteiger charge is -2.44. The van der Waals surface area contributed by atoms with Gasteiger partial charge in [-0.05, 0) is 43.7 Å². The molecule has 142 valence electrons. The summed E-state index contributed by atoms with van der Waals surface area (Å²) in [6.45, 7) is 0.379. The molecule has 0 radical (unpaired) electrons. The summed E-state index contributed by atoms with van der Waals surface area (Å²) in [5.74, 6) is -0.426. The van der Waals surface area contributed by atoms with Crippen LogP contribution in [-0.4, -0.2) is 36.0 Å². The number of amides is 1. The topological polar surface area (TPSA) is 76.8 Å². The average Bonchev–Trinajstić information content (AvgIpc) is 2.70. The molecule has 0 spiro atoms. The maximum absolute atomic E-state index is 12.6. The van der Waals surface area contributed by atoms with Crippen LogP contribution < -0.4 is 5.63 Å². The predicted octanol–water partition coefficient (Wildman–Crippen LogP) is 3.13. The third-order valence-electron chi connectivity index (χ3n) is 5.75. The number of carbonyl (C=O) groups excluding carboxylic acids is 2. The summed E-state index contributed by atoms with van der Waals surface area (Å²) < 4.78 is 10.3. The fourth-order valence-corrected chi connectivity index (χ4v) is 4.43. The first-order valence-corrected chi connectivity index (χ1v) is 9.63. The molecule has 1 aliphatic carbocycles. The molecule has 0 bridgehead atoms. The number of hydrogen-bond acceptors (Lipinski definition) is 5. The summed E-state index contributed by atoms with van der Waals surface area (Å²) in [7, 11) is 0. The maximum atomic E-state index is 12.6. The van der Waals surface area contributed by atoms with Crippen molar-refractivity contribution in [2.45, 2.75) is 44.6 Å². The molecule has 1 aromatic carbocycles.